The maximum Gasteiger partial charge on any atom is 0.225 e. The Hall–Kier alpha value is -3.22. The van der Waals surface area contributed by atoms with Gasteiger partial charge in [0.05, 0.1) is 17.0 Å². The van der Waals surface area contributed by atoms with Crippen molar-refractivity contribution >= 4 is 22.8 Å². The number of imidazole rings is 1. The number of carbonyl (C=O) groups is 2. The molecule has 0 bridgehead atoms. The van der Waals surface area contributed by atoms with Gasteiger partial charge in [0.15, 0.2) is 0 Å². The van der Waals surface area contributed by atoms with E-state index in [1.165, 1.54) is 0 Å². The van der Waals surface area contributed by atoms with Gasteiger partial charge in [-0.3, -0.25) is 14.6 Å². The van der Waals surface area contributed by atoms with Crippen molar-refractivity contribution in [2.45, 2.75) is 19.4 Å². The molecule has 0 aliphatic carbocycles. The van der Waals surface area contributed by atoms with Gasteiger partial charge in [-0.05, 0) is 29.8 Å². The molecule has 2 aromatic heterocycles. The van der Waals surface area contributed by atoms with E-state index in [4.69, 9.17) is 0 Å². The molecule has 3 aromatic rings. The van der Waals surface area contributed by atoms with Crippen LogP contribution in [0.15, 0.2) is 48.8 Å². The Morgan fingerprint density at radius 3 is 2.85 bits per heavy atom. The Bertz CT molecular complexity index is 920. The fourth-order valence-corrected chi connectivity index (χ4v) is 3.38. The highest BCUT2D eigenvalue weighted by atomic mass is 16.2. The summed E-state index contributed by atoms with van der Waals surface area (Å²) in [5.74, 6) is 0.495. The van der Waals surface area contributed by atoms with Crippen LogP contribution >= 0.6 is 0 Å². The number of aromatic amines is 1. The largest absolute Gasteiger partial charge is 0.355 e. The second kappa shape index (κ2) is 7.57. The summed E-state index contributed by atoms with van der Waals surface area (Å²) in [5, 5.41) is 2.93. The van der Waals surface area contributed by atoms with Crippen LogP contribution in [0.25, 0.3) is 11.0 Å². The molecule has 2 amide bonds. The number of amides is 2. The zero-order valence-electron chi connectivity index (χ0n) is 14.9. The minimum absolute atomic E-state index is 0.0178. The van der Waals surface area contributed by atoms with E-state index in [9.17, 15) is 9.59 Å². The molecule has 0 radical (unpaired) electrons. The second-order valence-electron chi connectivity index (χ2n) is 6.77. The lowest BCUT2D eigenvalue weighted by Crippen LogP contribution is -2.34. The van der Waals surface area contributed by atoms with Crippen LogP contribution in [0, 0.1) is 5.92 Å². The van der Waals surface area contributed by atoms with Crippen molar-refractivity contribution in [2.24, 2.45) is 5.92 Å². The van der Waals surface area contributed by atoms with E-state index in [2.05, 4.69) is 20.3 Å². The summed E-state index contributed by atoms with van der Waals surface area (Å²) in [6.45, 7) is 1.47. The molecule has 1 aliphatic rings. The summed E-state index contributed by atoms with van der Waals surface area (Å²) in [6.07, 6.45) is 4.31. The predicted octanol–water partition coefficient (Wildman–Crippen LogP) is 1.67. The third kappa shape index (κ3) is 3.97. The van der Waals surface area contributed by atoms with Crippen LogP contribution in [0.1, 0.15) is 17.8 Å². The molecule has 1 aromatic carbocycles. The van der Waals surface area contributed by atoms with Crippen molar-refractivity contribution in [3.8, 4) is 0 Å². The van der Waals surface area contributed by atoms with Crippen molar-refractivity contribution in [3.63, 3.8) is 0 Å². The van der Waals surface area contributed by atoms with E-state index in [1.807, 2.05) is 36.4 Å². The first-order chi connectivity index (χ1) is 13.2. The summed E-state index contributed by atoms with van der Waals surface area (Å²) < 4.78 is 0. The Balaban J connectivity index is 1.27. The topological polar surface area (TPSA) is 91.0 Å². The number of nitrogens with one attached hydrogen (secondary N) is 2. The zero-order valence-corrected chi connectivity index (χ0v) is 14.9. The lowest BCUT2D eigenvalue weighted by Gasteiger charge is -2.16. The zero-order chi connectivity index (χ0) is 18.6. The minimum Gasteiger partial charge on any atom is -0.355 e. The van der Waals surface area contributed by atoms with Gasteiger partial charge in [-0.15, -0.1) is 0 Å². The fraction of sp³-hybridized carbons (Fsp3) is 0.300. The van der Waals surface area contributed by atoms with E-state index in [1.54, 1.807) is 17.3 Å². The SMILES string of the molecule is O=C(NCCc1nc2ccccc2[nH]1)[C@@H]1CC(=O)N(Cc2ccncc2)C1. The molecule has 3 heterocycles. The number of hydrogen-bond donors (Lipinski definition) is 2. The maximum absolute atomic E-state index is 12.4. The number of carbonyl (C=O) groups excluding carboxylic acids is 2. The number of nitrogens with zero attached hydrogens (tertiary/aromatic N) is 3. The van der Waals surface area contributed by atoms with E-state index < -0.39 is 0 Å². The predicted molar refractivity (Wildman–Crippen MR) is 101 cm³/mol. The Morgan fingerprint density at radius 1 is 1.22 bits per heavy atom. The van der Waals surface area contributed by atoms with Crippen molar-refractivity contribution in [1.82, 2.24) is 25.2 Å². The molecule has 7 nitrogen and oxygen atoms in total. The van der Waals surface area contributed by atoms with Gasteiger partial charge >= 0.3 is 0 Å². The molecule has 0 saturated carbocycles. The lowest BCUT2D eigenvalue weighted by atomic mass is 10.1. The van der Waals surface area contributed by atoms with Crippen molar-refractivity contribution in [3.05, 3.63) is 60.2 Å². The molecule has 7 heteroatoms. The number of H-pyrrole nitrogens is 1. The van der Waals surface area contributed by atoms with Gasteiger partial charge in [0.1, 0.15) is 5.82 Å². The van der Waals surface area contributed by atoms with Crippen LogP contribution < -0.4 is 5.32 Å². The molecule has 4 rings (SSSR count). The normalized spacial score (nSPS) is 16.8. The molecule has 1 aliphatic heterocycles. The fourth-order valence-electron chi connectivity index (χ4n) is 3.38. The standard InChI is InChI=1S/C20H21N5O2/c26-19-11-15(13-25(19)12-14-5-8-21-9-6-14)20(27)22-10-7-18-23-16-3-1-2-4-17(16)24-18/h1-6,8-9,15H,7,10-13H2,(H,22,27)(H,23,24)/t15-/m1/s1. The summed E-state index contributed by atoms with van der Waals surface area (Å²) >= 11 is 0. The van der Waals surface area contributed by atoms with E-state index in [-0.39, 0.29) is 24.2 Å². The van der Waals surface area contributed by atoms with Crippen molar-refractivity contribution in [1.29, 1.82) is 0 Å². The number of rotatable bonds is 6. The van der Waals surface area contributed by atoms with Crippen LogP contribution in [-0.4, -0.2) is 44.8 Å². The number of likely N-dealkylation sites (tertiary alicyclic amines) is 1. The molecular weight excluding hydrogens is 342 g/mol. The van der Waals surface area contributed by atoms with Crippen LogP contribution in [0.5, 0.6) is 0 Å². The van der Waals surface area contributed by atoms with Crippen LogP contribution in [0.3, 0.4) is 0 Å². The van der Waals surface area contributed by atoms with Gasteiger partial charge in [0.2, 0.25) is 11.8 Å². The summed E-state index contributed by atoms with van der Waals surface area (Å²) in [6, 6.07) is 11.6. The number of hydrogen-bond acceptors (Lipinski definition) is 4. The summed E-state index contributed by atoms with van der Waals surface area (Å²) in [7, 11) is 0. The van der Waals surface area contributed by atoms with Gasteiger partial charge in [0, 0.05) is 44.9 Å². The van der Waals surface area contributed by atoms with Crippen LogP contribution in [0.2, 0.25) is 0 Å². The van der Waals surface area contributed by atoms with Gasteiger partial charge < -0.3 is 15.2 Å². The average molecular weight is 363 g/mol. The van der Waals surface area contributed by atoms with Crippen LogP contribution in [0.4, 0.5) is 0 Å². The number of aromatic nitrogens is 3. The first-order valence-corrected chi connectivity index (χ1v) is 9.07. The number of benzene rings is 1. The molecule has 1 atom stereocenters. The molecule has 2 N–H and O–H groups in total. The molecule has 0 spiro atoms. The van der Waals surface area contributed by atoms with E-state index in [0.717, 1.165) is 22.4 Å². The second-order valence-corrected chi connectivity index (χ2v) is 6.77. The third-order valence-corrected chi connectivity index (χ3v) is 4.81. The summed E-state index contributed by atoms with van der Waals surface area (Å²) in [4.78, 5) is 38.1. The van der Waals surface area contributed by atoms with E-state index >= 15 is 0 Å². The molecule has 27 heavy (non-hydrogen) atoms. The Morgan fingerprint density at radius 2 is 2.04 bits per heavy atom. The monoisotopic (exact) mass is 363 g/mol. The first kappa shape index (κ1) is 17.2. The number of pyridine rings is 1. The van der Waals surface area contributed by atoms with E-state index in [0.29, 0.717) is 26.1 Å². The highest BCUT2D eigenvalue weighted by Crippen LogP contribution is 2.20. The quantitative estimate of drug-likeness (QED) is 0.697. The Labute approximate surface area is 156 Å². The van der Waals surface area contributed by atoms with Crippen molar-refractivity contribution < 1.29 is 9.59 Å². The molecule has 138 valence electrons. The number of fused-ring (bicyclic) bond motifs is 1. The van der Waals surface area contributed by atoms with Gasteiger partial charge in [-0.1, -0.05) is 12.1 Å². The lowest BCUT2D eigenvalue weighted by molar-refractivity contribution is -0.129. The smallest absolute Gasteiger partial charge is 0.225 e. The van der Waals surface area contributed by atoms with Crippen LogP contribution in [-0.2, 0) is 22.6 Å². The average Bonchev–Trinajstić information content (AvgIpc) is 3.26. The van der Waals surface area contributed by atoms with Gasteiger partial charge in [-0.2, -0.15) is 0 Å². The molecule has 1 saturated heterocycles. The van der Waals surface area contributed by atoms with Gasteiger partial charge in [-0.25, -0.2) is 4.98 Å². The Kier molecular flexibility index (Phi) is 4.82. The highest BCUT2D eigenvalue weighted by Gasteiger charge is 2.34. The molecule has 0 unspecified atom stereocenters. The van der Waals surface area contributed by atoms with Gasteiger partial charge in [0.25, 0.3) is 0 Å². The molecular formula is C20H21N5O2. The summed E-state index contributed by atoms with van der Waals surface area (Å²) in [5.41, 5.74) is 2.93. The van der Waals surface area contributed by atoms with Crippen molar-refractivity contribution in [2.75, 3.05) is 13.1 Å². The highest BCUT2D eigenvalue weighted by molar-refractivity contribution is 5.89. The minimum atomic E-state index is -0.296. The molecule has 1 fully saturated rings. The number of para-hydroxylation sites is 2. The maximum atomic E-state index is 12.4. The first-order valence-electron chi connectivity index (χ1n) is 9.07. The third-order valence-electron chi connectivity index (χ3n) is 4.81.